The minimum absolute atomic E-state index is 0.158. The quantitative estimate of drug-likeness (QED) is 0.684. The van der Waals surface area contributed by atoms with Gasteiger partial charge < -0.3 is 10.7 Å². The Balaban J connectivity index is 2.96. The Kier molecular flexibility index (Phi) is 2.68. The predicted molar refractivity (Wildman–Crippen MR) is 44.8 cm³/mol. The normalized spacial score (nSPS) is 10.0. The number of hydrogen-bond acceptors (Lipinski definition) is 2. The zero-order valence-electron chi connectivity index (χ0n) is 5.93. The molecule has 0 aliphatic carbocycles. The average molecular weight is 173 g/mol. The van der Waals surface area contributed by atoms with E-state index in [1.54, 1.807) is 0 Å². The van der Waals surface area contributed by atoms with E-state index < -0.39 is 0 Å². The van der Waals surface area contributed by atoms with E-state index in [1.807, 2.05) is 0 Å². The van der Waals surface area contributed by atoms with Gasteiger partial charge in [-0.3, -0.25) is 4.79 Å². The van der Waals surface area contributed by atoms with Crippen LogP contribution in [0.1, 0.15) is 5.69 Å². The highest BCUT2D eigenvalue weighted by molar-refractivity contribution is 6.30. The van der Waals surface area contributed by atoms with Crippen molar-refractivity contribution >= 4 is 11.6 Å². The van der Waals surface area contributed by atoms with E-state index in [0.717, 1.165) is 5.69 Å². The first kappa shape index (κ1) is 8.30. The van der Waals surface area contributed by atoms with Crippen molar-refractivity contribution in [1.82, 2.24) is 4.98 Å². The van der Waals surface area contributed by atoms with Crippen LogP contribution in [0.4, 0.5) is 0 Å². The molecule has 0 spiro atoms. The molecule has 0 amide bonds. The summed E-state index contributed by atoms with van der Waals surface area (Å²) in [5, 5.41) is 0.214. The molecule has 1 heterocycles. The fraction of sp³-hybridized carbons (Fsp3) is 0.286. The Labute approximate surface area is 69.2 Å². The maximum atomic E-state index is 10.9. The maximum Gasteiger partial charge on any atom is 0.200 e. The lowest BCUT2D eigenvalue weighted by atomic mass is 10.3. The molecule has 0 saturated carbocycles. The first-order valence-electron chi connectivity index (χ1n) is 3.31. The fourth-order valence-corrected chi connectivity index (χ4v) is 0.905. The van der Waals surface area contributed by atoms with E-state index in [9.17, 15) is 4.79 Å². The lowest BCUT2D eigenvalue weighted by Crippen LogP contribution is -2.09. The van der Waals surface area contributed by atoms with Crippen LogP contribution in [0.2, 0.25) is 5.02 Å². The second-order valence-electron chi connectivity index (χ2n) is 2.21. The van der Waals surface area contributed by atoms with Gasteiger partial charge in [0.1, 0.15) is 5.02 Å². The summed E-state index contributed by atoms with van der Waals surface area (Å²) in [5.74, 6) is 0. The minimum Gasteiger partial charge on any atom is -0.363 e. The van der Waals surface area contributed by atoms with Crippen molar-refractivity contribution in [3.8, 4) is 0 Å². The van der Waals surface area contributed by atoms with Gasteiger partial charge >= 0.3 is 0 Å². The maximum absolute atomic E-state index is 10.9. The zero-order valence-corrected chi connectivity index (χ0v) is 6.69. The molecular weight excluding hydrogens is 164 g/mol. The number of pyridine rings is 1. The lowest BCUT2D eigenvalue weighted by Gasteiger charge is -1.96. The first-order chi connectivity index (χ1) is 5.24. The molecule has 0 aromatic carbocycles. The third-order valence-corrected chi connectivity index (χ3v) is 1.63. The van der Waals surface area contributed by atoms with Crippen molar-refractivity contribution in [2.24, 2.45) is 5.73 Å². The number of hydrogen-bond donors (Lipinski definition) is 2. The molecule has 3 N–H and O–H groups in total. The molecule has 11 heavy (non-hydrogen) atoms. The molecule has 4 heteroatoms. The number of halogens is 1. The van der Waals surface area contributed by atoms with Crippen molar-refractivity contribution in [1.29, 1.82) is 0 Å². The lowest BCUT2D eigenvalue weighted by molar-refractivity contribution is 0.920. The monoisotopic (exact) mass is 172 g/mol. The molecule has 0 atom stereocenters. The third kappa shape index (κ3) is 2.06. The summed E-state index contributed by atoms with van der Waals surface area (Å²) in [5.41, 5.74) is 5.96. The summed E-state index contributed by atoms with van der Waals surface area (Å²) >= 11 is 5.51. The molecular formula is C7H9ClN2O. The number of nitrogens with one attached hydrogen (secondary N) is 1. The smallest absolute Gasteiger partial charge is 0.200 e. The van der Waals surface area contributed by atoms with Crippen LogP contribution in [-0.4, -0.2) is 11.5 Å². The summed E-state index contributed by atoms with van der Waals surface area (Å²) in [6.45, 7) is 0.525. The standard InChI is InChI=1S/C7H9ClN2O/c8-6-4-10-5(1-2-9)3-7(6)11/h3-4H,1-2,9H2,(H,10,11). The van der Waals surface area contributed by atoms with E-state index in [-0.39, 0.29) is 10.5 Å². The molecule has 0 saturated heterocycles. The van der Waals surface area contributed by atoms with E-state index in [1.165, 1.54) is 12.3 Å². The van der Waals surface area contributed by atoms with E-state index in [0.29, 0.717) is 13.0 Å². The predicted octanol–water partition coefficient (Wildman–Crippen LogP) is 0.529. The van der Waals surface area contributed by atoms with Gasteiger partial charge in [-0.25, -0.2) is 0 Å². The molecule has 0 aliphatic heterocycles. The Morgan fingerprint density at radius 2 is 2.36 bits per heavy atom. The van der Waals surface area contributed by atoms with Crippen LogP contribution in [0.5, 0.6) is 0 Å². The summed E-state index contributed by atoms with van der Waals surface area (Å²) in [6, 6.07) is 1.47. The largest absolute Gasteiger partial charge is 0.363 e. The van der Waals surface area contributed by atoms with Crippen molar-refractivity contribution in [3.63, 3.8) is 0 Å². The number of nitrogens with two attached hydrogens (primary N) is 1. The molecule has 3 nitrogen and oxygen atoms in total. The molecule has 0 aliphatic rings. The van der Waals surface area contributed by atoms with Crippen LogP contribution in [-0.2, 0) is 6.42 Å². The highest BCUT2D eigenvalue weighted by atomic mass is 35.5. The van der Waals surface area contributed by atoms with E-state index in [2.05, 4.69) is 4.98 Å². The Bertz CT molecular complexity index is 295. The molecule has 1 aromatic heterocycles. The highest BCUT2D eigenvalue weighted by Crippen LogP contribution is 1.99. The van der Waals surface area contributed by atoms with Crippen LogP contribution in [0.3, 0.4) is 0 Å². The summed E-state index contributed by atoms with van der Waals surface area (Å²) in [7, 11) is 0. The van der Waals surface area contributed by atoms with Crippen molar-refractivity contribution in [3.05, 3.63) is 33.2 Å². The number of rotatable bonds is 2. The molecule has 0 bridgehead atoms. The molecule has 1 aromatic rings. The second-order valence-corrected chi connectivity index (χ2v) is 2.62. The number of aromatic nitrogens is 1. The number of aromatic amines is 1. The summed E-state index contributed by atoms with van der Waals surface area (Å²) in [4.78, 5) is 13.8. The van der Waals surface area contributed by atoms with Gasteiger partial charge in [0.05, 0.1) is 0 Å². The van der Waals surface area contributed by atoms with Crippen LogP contribution in [0.15, 0.2) is 17.1 Å². The van der Waals surface area contributed by atoms with Gasteiger partial charge in [-0.2, -0.15) is 0 Å². The van der Waals surface area contributed by atoms with Gasteiger partial charge in [-0.1, -0.05) is 11.6 Å². The van der Waals surface area contributed by atoms with E-state index >= 15 is 0 Å². The fourth-order valence-electron chi connectivity index (χ4n) is 0.796. The van der Waals surface area contributed by atoms with Gasteiger partial charge in [0.25, 0.3) is 0 Å². The van der Waals surface area contributed by atoms with Gasteiger partial charge in [-0.15, -0.1) is 0 Å². The van der Waals surface area contributed by atoms with Crippen molar-refractivity contribution < 1.29 is 0 Å². The van der Waals surface area contributed by atoms with Gasteiger partial charge in [0.2, 0.25) is 0 Å². The molecule has 0 radical (unpaired) electrons. The SMILES string of the molecule is NCCc1cc(=O)c(Cl)c[nH]1. The summed E-state index contributed by atoms with van der Waals surface area (Å²) < 4.78 is 0. The van der Waals surface area contributed by atoms with Gasteiger partial charge in [0, 0.05) is 18.0 Å². The van der Waals surface area contributed by atoms with Crippen molar-refractivity contribution in [2.45, 2.75) is 6.42 Å². The van der Waals surface area contributed by atoms with Crippen LogP contribution < -0.4 is 11.2 Å². The third-order valence-electron chi connectivity index (χ3n) is 1.34. The summed E-state index contributed by atoms with van der Waals surface area (Å²) in [6.07, 6.45) is 2.15. The second kappa shape index (κ2) is 3.55. The van der Waals surface area contributed by atoms with Crippen LogP contribution >= 0.6 is 11.6 Å². The zero-order chi connectivity index (χ0) is 8.27. The Morgan fingerprint density at radius 1 is 1.64 bits per heavy atom. The Morgan fingerprint density at radius 3 is 2.91 bits per heavy atom. The average Bonchev–Trinajstić information content (AvgIpc) is 1.98. The Hall–Kier alpha value is -0.800. The molecule has 1 rings (SSSR count). The van der Waals surface area contributed by atoms with Crippen LogP contribution in [0, 0.1) is 0 Å². The topological polar surface area (TPSA) is 58.9 Å². The van der Waals surface area contributed by atoms with Gasteiger partial charge in [-0.05, 0) is 13.0 Å². The van der Waals surface area contributed by atoms with Crippen LogP contribution in [0.25, 0.3) is 0 Å². The molecule has 60 valence electrons. The highest BCUT2D eigenvalue weighted by Gasteiger charge is 1.96. The van der Waals surface area contributed by atoms with E-state index in [4.69, 9.17) is 17.3 Å². The number of H-pyrrole nitrogens is 1. The molecule has 0 fully saturated rings. The minimum atomic E-state index is -0.158. The first-order valence-corrected chi connectivity index (χ1v) is 3.69. The molecule has 0 unspecified atom stereocenters. The van der Waals surface area contributed by atoms with Crippen molar-refractivity contribution in [2.75, 3.05) is 6.54 Å². The van der Waals surface area contributed by atoms with Gasteiger partial charge in [0.15, 0.2) is 5.43 Å².